The maximum absolute atomic E-state index is 12.6. The van der Waals surface area contributed by atoms with E-state index in [2.05, 4.69) is 14.9 Å². The molecule has 7 heteroatoms. The normalized spacial score (nSPS) is 14.8. The summed E-state index contributed by atoms with van der Waals surface area (Å²) in [5.74, 6) is 1.68. The summed E-state index contributed by atoms with van der Waals surface area (Å²) < 4.78 is 5.23. The van der Waals surface area contributed by atoms with Gasteiger partial charge in [0.2, 0.25) is 11.9 Å². The predicted molar refractivity (Wildman–Crippen MR) is 102 cm³/mol. The number of halogens is 1. The van der Waals surface area contributed by atoms with Crippen LogP contribution in [0.4, 0.5) is 5.95 Å². The topological polar surface area (TPSA) is 58.6 Å². The van der Waals surface area contributed by atoms with Crippen molar-refractivity contribution in [3.8, 4) is 5.75 Å². The van der Waals surface area contributed by atoms with Crippen molar-refractivity contribution in [3.05, 3.63) is 47.2 Å². The molecule has 1 fully saturated rings. The third-order valence-corrected chi connectivity index (χ3v) is 4.70. The summed E-state index contributed by atoms with van der Waals surface area (Å²) in [4.78, 5) is 25.2. The van der Waals surface area contributed by atoms with Crippen molar-refractivity contribution in [2.45, 2.75) is 19.3 Å². The maximum atomic E-state index is 12.6. The van der Waals surface area contributed by atoms with E-state index in [9.17, 15) is 4.79 Å². The van der Waals surface area contributed by atoms with Gasteiger partial charge in [0.25, 0.3) is 0 Å². The van der Waals surface area contributed by atoms with E-state index < -0.39 is 0 Å². The first kappa shape index (κ1) is 18.5. The van der Waals surface area contributed by atoms with Crippen LogP contribution in [0.25, 0.3) is 0 Å². The molecule has 0 spiro atoms. The fourth-order valence-corrected chi connectivity index (χ4v) is 3.17. The zero-order valence-electron chi connectivity index (χ0n) is 14.9. The third kappa shape index (κ3) is 4.85. The Morgan fingerprint density at radius 2 is 2.00 bits per heavy atom. The molecule has 0 N–H and O–H groups in total. The highest BCUT2D eigenvalue weighted by molar-refractivity contribution is 6.30. The van der Waals surface area contributed by atoms with Crippen LogP contribution in [0.1, 0.15) is 18.4 Å². The molecule has 0 bridgehead atoms. The van der Waals surface area contributed by atoms with Crippen LogP contribution in [0.3, 0.4) is 0 Å². The largest absolute Gasteiger partial charge is 0.497 e. The Hall–Kier alpha value is -2.34. The molecule has 1 amide bonds. The summed E-state index contributed by atoms with van der Waals surface area (Å²) in [6, 6.07) is 7.87. The molecule has 138 valence electrons. The van der Waals surface area contributed by atoms with Crippen molar-refractivity contribution in [1.82, 2.24) is 14.9 Å². The van der Waals surface area contributed by atoms with Crippen LogP contribution in [0.5, 0.6) is 5.75 Å². The Kier molecular flexibility index (Phi) is 6.28. The molecule has 26 heavy (non-hydrogen) atoms. The number of amides is 1. The molecule has 2 heterocycles. The second kappa shape index (κ2) is 8.85. The number of hydrogen-bond donors (Lipinski definition) is 0. The first-order chi connectivity index (χ1) is 12.7. The molecule has 0 aliphatic carbocycles. The Labute approximate surface area is 158 Å². The van der Waals surface area contributed by atoms with Crippen LogP contribution in [0, 0.1) is 0 Å². The van der Waals surface area contributed by atoms with E-state index >= 15 is 0 Å². The molecule has 1 aliphatic rings. The van der Waals surface area contributed by atoms with Gasteiger partial charge in [-0.2, -0.15) is 0 Å². The van der Waals surface area contributed by atoms with Crippen molar-refractivity contribution in [2.75, 3.05) is 38.2 Å². The van der Waals surface area contributed by atoms with Gasteiger partial charge in [-0.05, 0) is 30.5 Å². The van der Waals surface area contributed by atoms with Crippen LogP contribution in [-0.4, -0.2) is 54.1 Å². The molecule has 0 saturated carbocycles. The smallest absolute Gasteiger partial charge is 0.225 e. The summed E-state index contributed by atoms with van der Waals surface area (Å²) in [5, 5.41) is 0.526. The number of aromatic nitrogens is 2. The molecule has 6 nitrogen and oxygen atoms in total. The minimum atomic E-state index is 0.187. The van der Waals surface area contributed by atoms with E-state index in [1.54, 1.807) is 19.5 Å². The molecule has 0 unspecified atom stereocenters. The van der Waals surface area contributed by atoms with E-state index in [0.717, 1.165) is 43.8 Å². The van der Waals surface area contributed by atoms with Crippen molar-refractivity contribution >= 4 is 23.5 Å². The first-order valence-electron chi connectivity index (χ1n) is 8.79. The Morgan fingerprint density at radius 3 is 2.77 bits per heavy atom. The van der Waals surface area contributed by atoms with E-state index in [1.807, 2.05) is 29.2 Å². The lowest BCUT2D eigenvalue weighted by Crippen LogP contribution is -2.35. The Bertz CT molecular complexity index is 739. The number of nitrogens with zero attached hydrogens (tertiary/aromatic N) is 4. The van der Waals surface area contributed by atoms with Gasteiger partial charge in [0, 0.05) is 32.6 Å². The fourth-order valence-electron chi connectivity index (χ4n) is 3.07. The van der Waals surface area contributed by atoms with E-state index in [1.165, 1.54) is 0 Å². The molecule has 1 saturated heterocycles. The molecule has 0 radical (unpaired) electrons. The molecule has 1 aromatic carbocycles. The third-order valence-electron chi connectivity index (χ3n) is 4.50. The average Bonchev–Trinajstić information content (AvgIpc) is 2.93. The molecular formula is C19H23ClN4O2. The van der Waals surface area contributed by atoms with Crippen LogP contribution < -0.4 is 9.64 Å². The number of hydrogen-bond acceptors (Lipinski definition) is 5. The summed E-state index contributed by atoms with van der Waals surface area (Å²) >= 11 is 5.85. The minimum absolute atomic E-state index is 0.187. The van der Waals surface area contributed by atoms with Gasteiger partial charge in [0.1, 0.15) is 5.75 Å². The second-order valence-corrected chi connectivity index (χ2v) is 6.71. The average molecular weight is 375 g/mol. The standard InChI is InChI=1S/C19H23ClN4O2/c1-26-17-5-2-4-15(12-17)6-7-18(25)23-8-3-9-24(11-10-23)19-21-13-16(20)14-22-19/h2,4-5,12-14H,3,6-11H2,1H3. The lowest BCUT2D eigenvalue weighted by molar-refractivity contribution is -0.130. The quantitative estimate of drug-likeness (QED) is 0.805. The van der Waals surface area contributed by atoms with Crippen molar-refractivity contribution in [2.24, 2.45) is 0 Å². The number of aryl methyl sites for hydroxylation is 1. The molecule has 3 rings (SSSR count). The monoisotopic (exact) mass is 374 g/mol. The molecule has 1 aliphatic heterocycles. The number of anilines is 1. The Morgan fingerprint density at radius 1 is 1.19 bits per heavy atom. The van der Waals surface area contributed by atoms with Crippen molar-refractivity contribution in [1.29, 1.82) is 0 Å². The fraction of sp³-hybridized carbons (Fsp3) is 0.421. The van der Waals surface area contributed by atoms with E-state index in [4.69, 9.17) is 16.3 Å². The maximum Gasteiger partial charge on any atom is 0.225 e. The zero-order valence-corrected chi connectivity index (χ0v) is 15.7. The van der Waals surface area contributed by atoms with Crippen LogP contribution in [0.15, 0.2) is 36.7 Å². The highest BCUT2D eigenvalue weighted by Crippen LogP contribution is 2.16. The number of rotatable bonds is 5. The predicted octanol–water partition coefficient (Wildman–Crippen LogP) is 2.81. The van der Waals surface area contributed by atoms with E-state index in [0.29, 0.717) is 23.9 Å². The molecule has 2 aromatic rings. The Balaban J connectivity index is 1.53. The highest BCUT2D eigenvalue weighted by atomic mass is 35.5. The van der Waals surface area contributed by atoms with Gasteiger partial charge in [-0.15, -0.1) is 0 Å². The minimum Gasteiger partial charge on any atom is -0.497 e. The number of carbonyl (C=O) groups is 1. The van der Waals surface area contributed by atoms with Gasteiger partial charge in [-0.25, -0.2) is 9.97 Å². The number of carbonyl (C=O) groups excluding carboxylic acids is 1. The van der Waals surface area contributed by atoms with E-state index in [-0.39, 0.29) is 5.91 Å². The number of ether oxygens (including phenoxy) is 1. The second-order valence-electron chi connectivity index (χ2n) is 6.27. The summed E-state index contributed by atoms with van der Waals surface area (Å²) in [6.07, 6.45) is 5.33. The van der Waals surface area contributed by atoms with Gasteiger partial charge in [0.15, 0.2) is 0 Å². The van der Waals surface area contributed by atoms with Gasteiger partial charge >= 0.3 is 0 Å². The zero-order chi connectivity index (χ0) is 18.4. The lowest BCUT2D eigenvalue weighted by Gasteiger charge is -2.22. The molecular weight excluding hydrogens is 352 g/mol. The van der Waals surface area contributed by atoms with Gasteiger partial charge < -0.3 is 14.5 Å². The lowest BCUT2D eigenvalue weighted by atomic mass is 10.1. The highest BCUT2D eigenvalue weighted by Gasteiger charge is 2.20. The van der Waals surface area contributed by atoms with Crippen LogP contribution in [0.2, 0.25) is 5.02 Å². The van der Waals surface area contributed by atoms with Gasteiger partial charge in [0.05, 0.1) is 24.5 Å². The number of benzene rings is 1. The summed E-state index contributed by atoms with van der Waals surface area (Å²) in [6.45, 7) is 3.01. The summed E-state index contributed by atoms with van der Waals surface area (Å²) in [7, 11) is 1.65. The number of methoxy groups -OCH3 is 1. The van der Waals surface area contributed by atoms with Crippen LogP contribution >= 0.6 is 11.6 Å². The SMILES string of the molecule is COc1cccc(CCC(=O)N2CCCN(c3ncc(Cl)cn3)CC2)c1. The molecule has 0 atom stereocenters. The first-order valence-corrected chi connectivity index (χ1v) is 9.17. The van der Waals surface area contributed by atoms with Gasteiger partial charge in [-0.3, -0.25) is 4.79 Å². The molecule has 1 aromatic heterocycles. The van der Waals surface area contributed by atoms with Crippen molar-refractivity contribution in [3.63, 3.8) is 0 Å². The summed E-state index contributed by atoms with van der Waals surface area (Å²) in [5.41, 5.74) is 1.11. The van der Waals surface area contributed by atoms with Crippen LogP contribution in [-0.2, 0) is 11.2 Å². The van der Waals surface area contributed by atoms with Gasteiger partial charge in [-0.1, -0.05) is 23.7 Å². The van der Waals surface area contributed by atoms with Crippen molar-refractivity contribution < 1.29 is 9.53 Å².